The lowest BCUT2D eigenvalue weighted by Crippen LogP contribution is -2.35. The van der Waals surface area contributed by atoms with Crippen LogP contribution in [0.3, 0.4) is 0 Å². The fraction of sp³-hybridized carbons (Fsp3) is 0.381. The Balaban J connectivity index is 1.68. The molecule has 1 saturated heterocycles. The van der Waals surface area contributed by atoms with Gasteiger partial charge in [-0.15, -0.1) is 11.8 Å². The lowest BCUT2D eigenvalue weighted by molar-refractivity contribution is -0.137. The van der Waals surface area contributed by atoms with Crippen molar-refractivity contribution in [3.05, 3.63) is 53.6 Å². The minimum atomic E-state index is -4.45. The number of piperidine rings is 1. The van der Waals surface area contributed by atoms with Gasteiger partial charge in [-0.25, -0.2) is 8.42 Å². The molecule has 0 aromatic heterocycles. The Morgan fingerprint density at radius 3 is 2.48 bits per heavy atom. The van der Waals surface area contributed by atoms with E-state index in [1.54, 1.807) is 13.0 Å². The smallest absolute Gasteiger partial charge is 0.325 e. The Labute approximate surface area is 184 Å². The third-order valence-electron chi connectivity index (χ3n) is 4.97. The number of hydrogen-bond acceptors (Lipinski definition) is 4. The van der Waals surface area contributed by atoms with Gasteiger partial charge >= 0.3 is 6.18 Å². The molecule has 0 radical (unpaired) electrons. The molecule has 0 unspecified atom stereocenters. The molecular formula is C21H23F3N2O3S2. The zero-order valence-electron chi connectivity index (χ0n) is 16.9. The van der Waals surface area contributed by atoms with Gasteiger partial charge in [0.25, 0.3) is 0 Å². The summed E-state index contributed by atoms with van der Waals surface area (Å²) in [6, 6.07) is 9.36. The molecule has 1 aliphatic rings. The van der Waals surface area contributed by atoms with E-state index in [1.807, 2.05) is 0 Å². The van der Waals surface area contributed by atoms with Crippen LogP contribution in [0, 0.1) is 6.92 Å². The number of benzene rings is 2. The van der Waals surface area contributed by atoms with Gasteiger partial charge in [0.2, 0.25) is 15.9 Å². The van der Waals surface area contributed by atoms with Crippen LogP contribution in [0.15, 0.2) is 52.3 Å². The number of nitrogens with one attached hydrogen (secondary N) is 1. The molecule has 0 spiro atoms. The molecule has 2 aromatic carbocycles. The molecule has 3 rings (SSSR count). The first-order chi connectivity index (χ1) is 14.6. The highest BCUT2D eigenvalue weighted by molar-refractivity contribution is 8.00. The monoisotopic (exact) mass is 472 g/mol. The van der Waals surface area contributed by atoms with Crippen molar-refractivity contribution in [3.63, 3.8) is 0 Å². The molecule has 1 fully saturated rings. The highest BCUT2D eigenvalue weighted by Crippen LogP contribution is 2.32. The second-order valence-corrected chi connectivity index (χ2v) is 10.3. The van der Waals surface area contributed by atoms with Crippen LogP contribution < -0.4 is 5.32 Å². The summed E-state index contributed by atoms with van der Waals surface area (Å²) in [6.45, 7) is 2.70. The van der Waals surface area contributed by atoms with Crippen LogP contribution in [-0.4, -0.2) is 37.5 Å². The molecule has 5 nitrogen and oxygen atoms in total. The lowest BCUT2D eigenvalue weighted by atomic mass is 10.2. The molecule has 1 aliphatic heterocycles. The second-order valence-electron chi connectivity index (χ2n) is 7.30. The van der Waals surface area contributed by atoms with Crippen molar-refractivity contribution in [1.29, 1.82) is 0 Å². The molecule has 1 heterocycles. The van der Waals surface area contributed by atoms with Gasteiger partial charge in [0, 0.05) is 23.7 Å². The van der Waals surface area contributed by atoms with Crippen LogP contribution in [0.4, 0.5) is 18.9 Å². The van der Waals surface area contributed by atoms with Gasteiger partial charge in [0.05, 0.1) is 16.2 Å². The highest BCUT2D eigenvalue weighted by atomic mass is 32.2. The molecule has 1 amide bonds. The Bertz CT molecular complexity index is 1050. The maximum Gasteiger partial charge on any atom is 0.416 e. The van der Waals surface area contributed by atoms with E-state index in [-0.39, 0.29) is 10.6 Å². The largest absolute Gasteiger partial charge is 0.416 e. The zero-order chi connectivity index (χ0) is 22.6. The van der Waals surface area contributed by atoms with Crippen molar-refractivity contribution in [3.8, 4) is 0 Å². The quantitative estimate of drug-likeness (QED) is 0.606. The molecule has 0 bridgehead atoms. The predicted molar refractivity (Wildman–Crippen MR) is 115 cm³/mol. The summed E-state index contributed by atoms with van der Waals surface area (Å²) in [6.07, 6.45) is -1.80. The normalized spacial score (nSPS) is 15.6. The van der Waals surface area contributed by atoms with Gasteiger partial charge < -0.3 is 5.32 Å². The summed E-state index contributed by atoms with van der Waals surface area (Å²) in [5.74, 6) is -0.540. The zero-order valence-corrected chi connectivity index (χ0v) is 18.5. The minimum Gasteiger partial charge on any atom is -0.325 e. The molecule has 1 N–H and O–H groups in total. The van der Waals surface area contributed by atoms with Crippen molar-refractivity contribution < 1.29 is 26.4 Å². The number of sulfonamides is 1. The van der Waals surface area contributed by atoms with E-state index in [1.165, 1.54) is 28.6 Å². The van der Waals surface area contributed by atoms with E-state index in [2.05, 4.69) is 5.32 Å². The van der Waals surface area contributed by atoms with E-state index in [9.17, 15) is 26.4 Å². The lowest BCUT2D eigenvalue weighted by Gasteiger charge is -2.26. The van der Waals surface area contributed by atoms with Gasteiger partial charge in [0.15, 0.2) is 0 Å². The van der Waals surface area contributed by atoms with E-state index < -0.39 is 27.7 Å². The summed E-state index contributed by atoms with van der Waals surface area (Å²) in [5.41, 5.74) is 0.284. The fourth-order valence-corrected chi connectivity index (χ4v) is 5.55. The number of nitrogens with zero attached hydrogens (tertiary/aromatic N) is 1. The summed E-state index contributed by atoms with van der Waals surface area (Å²) in [5, 5.41) is 2.68. The third kappa shape index (κ3) is 6.02. The first-order valence-electron chi connectivity index (χ1n) is 9.78. The molecule has 0 atom stereocenters. The van der Waals surface area contributed by atoms with Crippen LogP contribution in [0.5, 0.6) is 0 Å². The SMILES string of the molecule is Cc1ccc(S(=O)(=O)N2CCCCC2)cc1NC(=O)CSc1cccc(C(F)(F)F)c1. The summed E-state index contributed by atoms with van der Waals surface area (Å²) < 4.78 is 65.7. The number of aryl methyl sites for hydroxylation is 1. The third-order valence-corrected chi connectivity index (χ3v) is 7.86. The van der Waals surface area contributed by atoms with Crippen LogP contribution >= 0.6 is 11.8 Å². The van der Waals surface area contributed by atoms with E-state index in [4.69, 9.17) is 0 Å². The number of hydrogen-bond donors (Lipinski definition) is 1. The maximum atomic E-state index is 12.9. The molecule has 31 heavy (non-hydrogen) atoms. The molecule has 0 saturated carbocycles. The number of amides is 1. The van der Waals surface area contributed by atoms with Crippen molar-refractivity contribution >= 4 is 33.4 Å². The van der Waals surface area contributed by atoms with Gasteiger partial charge in [-0.05, 0) is 55.7 Å². The predicted octanol–water partition coefficient (Wildman–Crippen LogP) is 4.92. The van der Waals surface area contributed by atoms with Gasteiger partial charge in [-0.2, -0.15) is 17.5 Å². The van der Waals surface area contributed by atoms with Gasteiger partial charge in [0.1, 0.15) is 0 Å². The van der Waals surface area contributed by atoms with Crippen LogP contribution in [0.1, 0.15) is 30.4 Å². The number of alkyl halides is 3. The standard InChI is InChI=1S/C21H23F3N2O3S2/c1-15-8-9-18(31(28,29)26-10-3-2-4-11-26)13-19(15)25-20(27)14-30-17-7-5-6-16(12-17)21(22,23)24/h5-9,12-13H,2-4,10-11,14H2,1H3,(H,25,27). The first-order valence-corrected chi connectivity index (χ1v) is 12.2. The molecule has 0 aliphatic carbocycles. The van der Waals surface area contributed by atoms with Crippen LogP contribution in [0.25, 0.3) is 0 Å². The summed E-state index contributed by atoms with van der Waals surface area (Å²) in [4.78, 5) is 12.8. The Morgan fingerprint density at radius 1 is 1.10 bits per heavy atom. The number of carbonyl (C=O) groups excluding carboxylic acids is 1. The Kier molecular flexibility index (Phi) is 7.33. The van der Waals surface area contributed by atoms with Crippen molar-refractivity contribution in [2.75, 3.05) is 24.2 Å². The fourth-order valence-electron chi connectivity index (χ4n) is 3.25. The van der Waals surface area contributed by atoms with Crippen molar-refractivity contribution in [1.82, 2.24) is 4.31 Å². The second kappa shape index (κ2) is 9.62. The number of halogens is 3. The number of anilines is 1. The van der Waals surface area contributed by atoms with Gasteiger partial charge in [-0.3, -0.25) is 4.79 Å². The first kappa shape index (κ1) is 23.6. The minimum absolute atomic E-state index is 0.107. The van der Waals surface area contributed by atoms with Crippen LogP contribution in [-0.2, 0) is 21.0 Å². The number of carbonyl (C=O) groups is 1. The topological polar surface area (TPSA) is 66.5 Å². The highest BCUT2D eigenvalue weighted by Gasteiger charge is 2.30. The maximum absolute atomic E-state index is 12.9. The Morgan fingerprint density at radius 2 is 1.81 bits per heavy atom. The Hall–Kier alpha value is -2.04. The summed E-state index contributed by atoms with van der Waals surface area (Å²) >= 11 is 0.978. The number of rotatable bonds is 6. The van der Waals surface area contributed by atoms with Crippen LogP contribution in [0.2, 0.25) is 0 Å². The van der Waals surface area contributed by atoms with E-state index >= 15 is 0 Å². The average molecular weight is 473 g/mol. The van der Waals surface area contributed by atoms with E-state index in [0.29, 0.717) is 29.2 Å². The number of thioether (sulfide) groups is 1. The average Bonchev–Trinajstić information content (AvgIpc) is 2.74. The van der Waals surface area contributed by atoms with E-state index in [0.717, 1.165) is 43.2 Å². The van der Waals surface area contributed by atoms with Gasteiger partial charge in [-0.1, -0.05) is 18.6 Å². The molecule has 10 heteroatoms. The molecule has 2 aromatic rings. The summed E-state index contributed by atoms with van der Waals surface area (Å²) in [7, 11) is -3.64. The molecular weight excluding hydrogens is 449 g/mol. The van der Waals surface area contributed by atoms with Crippen molar-refractivity contribution in [2.45, 2.75) is 42.2 Å². The molecule has 168 valence electrons. The van der Waals surface area contributed by atoms with Crippen molar-refractivity contribution in [2.24, 2.45) is 0 Å².